The fourth-order valence-corrected chi connectivity index (χ4v) is 4.12. The second kappa shape index (κ2) is 9.50. The minimum Gasteiger partial charge on any atom is -0.495 e. The predicted octanol–water partition coefficient (Wildman–Crippen LogP) is 4.06. The van der Waals surface area contributed by atoms with Gasteiger partial charge >= 0.3 is 0 Å². The lowest BCUT2D eigenvalue weighted by molar-refractivity contribution is -0.121. The SMILES string of the molecule is COc1ccc([C@@H]2CC(=O)NC(SCC(=O)Nc3ccccc3)=C2C#N)cc1Cl. The summed E-state index contributed by atoms with van der Waals surface area (Å²) in [6, 6.07) is 16.5. The summed E-state index contributed by atoms with van der Waals surface area (Å²) in [6.07, 6.45) is 0.131. The standard InChI is InChI=1S/C21H18ClN3O3S/c1-28-18-8-7-13(9-17(18)22)15-10-19(26)25-21(16(15)11-23)29-12-20(27)24-14-5-3-2-4-6-14/h2-9,15H,10,12H2,1H3,(H,24,27)(H,25,26)/t15-/m0/s1. The zero-order chi connectivity index (χ0) is 20.8. The van der Waals surface area contributed by atoms with Crippen LogP contribution in [0.5, 0.6) is 5.75 Å². The van der Waals surface area contributed by atoms with Gasteiger partial charge in [-0.1, -0.05) is 47.6 Å². The van der Waals surface area contributed by atoms with Crippen molar-refractivity contribution in [3.8, 4) is 11.8 Å². The van der Waals surface area contributed by atoms with Gasteiger partial charge in [0.05, 0.1) is 34.6 Å². The highest BCUT2D eigenvalue weighted by atomic mass is 35.5. The molecule has 0 bridgehead atoms. The molecule has 2 N–H and O–H groups in total. The Morgan fingerprint density at radius 3 is 2.76 bits per heavy atom. The highest BCUT2D eigenvalue weighted by molar-refractivity contribution is 8.03. The van der Waals surface area contributed by atoms with Crippen molar-refractivity contribution in [3.63, 3.8) is 0 Å². The van der Waals surface area contributed by atoms with Gasteiger partial charge < -0.3 is 15.4 Å². The first-order valence-electron chi connectivity index (χ1n) is 8.77. The van der Waals surface area contributed by atoms with Crippen LogP contribution in [0.15, 0.2) is 59.1 Å². The quantitative estimate of drug-likeness (QED) is 0.725. The number of para-hydroxylation sites is 1. The topological polar surface area (TPSA) is 91.2 Å². The van der Waals surface area contributed by atoms with Crippen molar-refractivity contribution in [1.29, 1.82) is 5.26 Å². The van der Waals surface area contributed by atoms with E-state index in [-0.39, 0.29) is 24.0 Å². The van der Waals surface area contributed by atoms with Crippen LogP contribution in [0.2, 0.25) is 5.02 Å². The summed E-state index contributed by atoms with van der Waals surface area (Å²) in [5.41, 5.74) is 1.84. The summed E-state index contributed by atoms with van der Waals surface area (Å²) in [6.45, 7) is 0. The maximum Gasteiger partial charge on any atom is 0.234 e. The van der Waals surface area contributed by atoms with E-state index in [2.05, 4.69) is 16.7 Å². The molecule has 2 aromatic rings. The Hall–Kier alpha value is -2.95. The smallest absolute Gasteiger partial charge is 0.234 e. The third-order valence-corrected chi connectivity index (χ3v) is 5.65. The number of anilines is 1. The van der Waals surface area contributed by atoms with Gasteiger partial charge in [0, 0.05) is 18.0 Å². The van der Waals surface area contributed by atoms with Crippen LogP contribution in [0.3, 0.4) is 0 Å². The molecule has 0 unspecified atom stereocenters. The monoisotopic (exact) mass is 427 g/mol. The molecule has 1 aliphatic heterocycles. The number of carbonyl (C=O) groups is 2. The van der Waals surface area contributed by atoms with E-state index >= 15 is 0 Å². The van der Waals surface area contributed by atoms with E-state index in [4.69, 9.17) is 16.3 Å². The van der Waals surface area contributed by atoms with Gasteiger partial charge in [-0.15, -0.1) is 0 Å². The van der Waals surface area contributed by atoms with Gasteiger partial charge in [-0.25, -0.2) is 0 Å². The van der Waals surface area contributed by atoms with Crippen molar-refractivity contribution in [3.05, 3.63) is 69.7 Å². The number of carbonyl (C=O) groups excluding carboxylic acids is 2. The molecule has 2 aromatic carbocycles. The van der Waals surface area contributed by atoms with Crippen LogP contribution in [0, 0.1) is 11.3 Å². The minimum atomic E-state index is -0.433. The first-order chi connectivity index (χ1) is 14.0. The normalized spacial score (nSPS) is 16.0. The third-order valence-electron chi connectivity index (χ3n) is 4.34. The fourth-order valence-electron chi connectivity index (χ4n) is 2.97. The molecular weight excluding hydrogens is 410 g/mol. The second-order valence-corrected chi connectivity index (χ2v) is 7.65. The number of methoxy groups -OCH3 is 1. The van der Waals surface area contributed by atoms with Crippen molar-refractivity contribution in [2.75, 3.05) is 18.2 Å². The average Bonchev–Trinajstić information content (AvgIpc) is 2.72. The van der Waals surface area contributed by atoms with Gasteiger partial charge in [0.25, 0.3) is 0 Å². The van der Waals surface area contributed by atoms with Crippen molar-refractivity contribution < 1.29 is 14.3 Å². The minimum absolute atomic E-state index is 0.0613. The molecule has 3 rings (SSSR count). The van der Waals surface area contributed by atoms with E-state index in [1.54, 1.807) is 30.3 Å². The number of ether oxygens (including phenoxy) is 1. The summed E-state index contributed by atoms with van der Waals surface area (Å²) in [4.78, 5) is 24.5. The van der Waals surface area contributed by atoms with Crippen LogP contribution in [0.4, 0.5) is 5.69 Å². The van der Waals surface area contributed by atoms with Crippen LogP contribution >= 0.6 is 23.4 Å². The fraction of sp³-hybridized carbons (Fsp3) is 0.190. The number of rotatable bonds is 6. The van der Waals surface area contributed by atoms with Gasteiger partial charge in [0.1, 0.15) is 5.75 Å². The van der Waals surface area contributed by atoms with Crippen molar-refractivity contribution >= 4 is 40.9 Å². The van der Waals surface area contributed by atoms with E-state index in [1.165, 1.54) is 7.11 Å². The molecule has 6 nitrogen and oxygen atoms in total. The lowest BCUT2D eigenvalue weighted by Gasteiger charge is -2.25. The van der Waals surface area contributed by atoms with Crippen LogP contribution in [-0.4, -0.2) is 24.7 Å². The van der Waals surface area contributed by atoms with Gasteiger partial charge in [-0.3, -0.25) is 9.59 Å². The zero-order valence-corrected chi connectivity index (χ0v) is 17.1. The molecule has 0 radical (unpaired) electrons. The summed E-state index contributed by atoms with van der Waals surface area (Å²) in [7, 11) is 1.52. The summed E-state index contributed by atoms with van der Waals surface area (Å²) >= 11 is 7.34. The molecule has 2 amide bonds. The van der Waals surface area contributed by atoms with E-state index in [0.717, 1.165) is 17.3 Å². The lowest BCUT2D eigenvalue weighted by Crippen LogP contribution is -2.31. The van der Waals surface area contributed by atoms with Crippen molar-refractivity contribution in [1.82, 2.24) is 5.32 Å². The van der Waals surface area contributed by atoms with Crippen LogP contribution in [0.25, 0.3) is 0 Å². The van der Waals surface area contributed by atoms with E-state index < -0.39 is 5.92 Å². The molecule has 0 aliphatic carbocycles. The van der Waals surface area contributed by atoms with E-state index in [1.807, 2.05) is 18.2 Å². The molecule has 1 atom stereocenters. The molecular formula is C21H18ClN3O3S. The maximum atomic E-state index is 12.2. The number of nitrogens with zero attached hydrogens (tertiary/aromatic N) is 1. The van der Waals surface area contributed by atoms with E-state index in [9.17, 15) is 14.9 Å². The highest BCUT2D eigenvalue weighted by Gasteiger charge is 2.30. The molecule has 0 saturated heterocycles. The Morgan fingerprint density at radius 2 is 2.10 bits per heavy atom. The number of halogens is 1. The van der Waals surface area contributed by atoms with Crippen LogP contribution in [-0.2, 0) is 9.59 Å². The summed E-state index contributed by atoms with van der Waals surface area (Å²) < 4.78 is 5.16. The number of hydrogen-bond donors (Lipinski definition) is 2. The predicted molar refractivity (Wildman–Crippen MR) is 114 cm³/mol. The highest BCUT2D eigenvalue weighted by Crippen LogP contribution is 2.38. The molecule has 8 heteroatoms. The van der Waals surface area contributed by atoms with Gasteiger partial charge in [0.15, 0.2) is 0 Å². The summed E-state index contributed by atoms with van der Waals surface area (Å²) in [5, 5.41) is 16.0. The Bertz CT molecular complexity index is 1000. The molecule has 0 fully saturated rings. The molecule has 0 spiro atoms. The van der Waals surface area contributed by atoms with E-state index in [0.29, 0.717) is 27.1 Å². The number of hydrogen-bond acceptors (Lipinski definition) is 5. The molecule has 1 aliphatic rings. The Labute approximate surface area is 177 Å². The lowest BCUT2D eigenvalue weighted by atomic mass is 9.87. The third kappa shape index (κ3) is 5.11. The number of nitriles is 1. The Balaban J connectivity index is 1.78. The number of nitrogens with one attached hydrogen (secondary N) is 2. The maximum absolute atomic E-state index is 12.2. The first kappa shape index (κ1) is 20.8. The molecule has 148 valence electrons. The Kier molecular flexibility index (Phi) is 6.81. The number of allylic oxidation sites excluding steroid dienone is 1. The number of benzene rings is 2. The summed E-state index contributed by atoms with van der Waals surface area (Å²) in [5.74, 6) is -0.296. The van der Waals surface area contributed by atoms with Crippen molar-refractivity contribution in [2.45, 2.75) is 12.3 Å². The van der Waals surface area contributed by atoms with Gasteiger partial charge in [-0.2, -0.15) is 5.26 Å². The molecule has 29 heavy (non-hydrogen) atoms. The first-order valence-corrected chi connectivity index (χ1v) is 10.1. The van der Waals surface area contributed by atoms with Crippen LogP contribution in [0.1, 0.15) is 17.9 Å². The Morgan fingerprint density at radius 1 is 1.34 bits per heavy atom. The largest absolute Gasteiger partial charge is 0.495 e. The molecule has 0 saturated carbocycles. The number of amides is 2. The molecule has 1 heterocycles. The van der Waals surface area contributed by atoms with Gasteiger partial charge in [-0.05, 0) is 29.8 Å². The molecule has 0 aromatic heterocycles. The van der Waals surface area contributed by atoms with Crippen molar-refractivity contribution in [2.24, 2.45) is 0 Å². The zero-order valence-electron chi connectivity index (χ0n) is 15.6. The van der Waals surface area contributed by atoms with Crippen LogP contribution < -0.4 is 15.4 Å². The second-order valence-electron chi connectivity index (χ2n) is 6.26. The number of thioether (sulfide) groups is 1. The van der Waals surface area contributed by atoms with Gasteiger partial charge in [0.2, 0.25) is 11.8 Å². The average molecular weight is 428 g/mol.